The van der Waals surface area contributed by atoms with Gasteiger partial charge < -0.3 is 61.9 Å². The van der Waals surface area contributed by atoms with Crippen LogP contribution in [0.4, 0.5) is 0 Å². The molecule has 0 aliphatic rings. The lowest BCUT2D eigenvalue weighted by molar-refractivity contribution is -0.158. The summed E-state index contributed by atoms with van der Waals surface area (Å²) in [4.78, 5) is 89.5. The highest BCUT2D eigenvalue weighted by Crippen LogP contribution is 2.10. The van der Waals surface area contributed by atoms with Crippen molar-refractivity contribution < 1.29 is 100 Å². The second-order valence-corrected chi connectivity index (χ2v) is 24.9. The predicted octanol–water partition coefficient (Wildman–Crippen LogP) is 14.0. The molecule has 0 bridgehead atoms. The van der Waals surface area contributed by atoms with Crippen LogP contribution in [0.1, 0.15) is 166 Å². The minimum atomic E-state index is -0.552. The lowest BCUT2D eigenvalue weighted by Crippen LogP contribution is -2.19. The van der Waals surface area contributed by atoms with Gasteiger partial charge in [0.25, 0.3) is 0 Å². The van der Waals surface area contributed by atoms with E-state index in [1.165, 1.54) is 14.2 Å². The smallest absolute Gasteiger partial charge is 0.344 e. The van der Waals surface area contributed by atoms with Crippen molar-refractivity contribution in [1.29, 1.82) is 5.26 Å². The number of methoxy groups -OCH3 is 3. The molecule has 0 amide bonds. The van der Waals surface area contributed by atoms with Gasteiger partial charge in [-0.3, -0.25) is 33.6 Å². The van der Waals surface area contributed by atoms with E-state index < -0.39 is 11.9 Å². The standard InChI is InChI=1S/C13H24O3.C12H22O3.C11H18O4.C11H20O3.C10H15NO2.2C10H18O3/c1-5-8-15-9-10-16-13(14)12(4)7-6-11(2)3;1-5-14-8-9-15-12(13)11(4)7-6-10(2)3;1-8(2)5-6-9(3)11(13)15-7-10(12)14-4;1-9(2)5-6-10(3)11(12)14-8-7-13-4;1-8(2)4-5-9(3)10(12)13-7-6-11;1-8(2)5-6-9(3)10(11)13-7-12-4;1-8(2)4-5-9(3)10(12)13-7-6-11/h6-7,11-12H,5,8-10H2,1-4H3;6-7,10-11H,5,8-9H2,1-4H3;5-6,8-9H,7H2,1-4H3;5-6,9-10H,7-8H2,1-4H3;4-5,8-9H,7H2,1-3H3;5-6,8-9H,7H2,1-4H3;4-5,8-9,11H,6-7H2,1-3H3/b2*7-6-;2*6-5-;5-4-;6-5-;5-4-. The maximum atomic E-state index is 11.5. The summed E-state index contributed by atoms with van der Waals surface area (Å²) >= 11 is 0. The first-order valence-corrected chi connectivity index (χ1v) is 34.5. The van der Waals surface area contributed by atoms with Gasteiger partial charge in [-0.1, -0.05) is 189 Å². The van der Waals surface area contributed by atoms with E-state index in [0.29, 0.717) is 87.7 Å². The van der Waals surface area contributed by atoms with E-state index in [0.717, 1.165) is 13.0 Å². The van der Waals surface area contributed by atoms with Crippen molar-refractivity contribution >= 4 is 47.8 Å². The fraction of sp³-hybridized carbons (Fsp3) is 0.701. The quantitative estimate of drug-likeness (QED) is 0.0196. The van der Waals surface area contributed by atoms with Gasteiger partial charge in [-0.15, -0.1) is 0 Å². The number of rotatable bonds is 40. The second-order valence-electron chi connectivity index (χ2n) is 24.9. The summed E-state index contributed by atoms with van der Waals surface area (Å²) in [7, 11) is 4.32. The van der Waals surface area contributed by atoms with Crippen LogP contribution in [0, 0.1) is 94.2 Å². The highest BCUT2D eigenvalue weighted by molar-refractivity contribution is 5.79. The molecule has 0 aromatic heterocycles. The molecular weight excluding hydrogens is 1270 g/mol. The number of carbonyl (C=O) groups is 8. The molecule has 99 heavy (non-hydrogen) atoms. The van der Waals surface area contributed by atoms with E-state index in [9.17, 15) is 38.4 Å². The largest absolute Gasteiger partial charge is 0.466 e. The highest BCUT2D eigenvalue weighted by atomic mass is 16.7. The van der Waals surface area contributed by atoms with E-state index in [1.807, 2.05) is 149 Å². The zero-order valence-corrected chi connectivity index (χ0v) is 65.6. The Bertz CT molecular complexity index is 2250. The molecule has 0 saturated heterocycles. The van der Waals surface area contributed by atoms with Crippen LogP contribution in [0.3, 0.4) is 0 Å². The third kappa shape index (κ3) is 83.6. The van der Waals surface area contributed by atoms with Gasteiger partial charge in [0.1, 0.15) is 32.5 Å². The number of allylic oxidation sites excluding steroid dienone is 7. The Kier molecular flexibility index (Phi) is 78.9. The Hall–Kier alpha value is -6.77. The van der Waals surface area contributed by atoms with Crippen molar-refractivity contribution in [2.75, 3.05) is 107 Å². The van der Waals surface area contributed by atoms with Gasteiger partial charge in [-0.2, -0.15) is 5.26 Å². The van der Waals surface area contributed by atoms with Crippen molar-refractivity contribution in [2.45, 2.75) is 166 Å². The minimum Gasteiger partial charge on any atom is -0.466 e. The molecule has 0 spiro atoms. The third-order valence-electron chi connectivity index (χ3n) is 11.6. The van der Waals surface area contributed by atoms with Crippen molar-refractivity contribution in [3.8, 4) is 6.07 Å². The van der Waals surface area contributed by atoms with Crippen LogP contribution < -0.4 is 0 Å². The van der Waals surface area contributed by atoms with Gasteiger partial charge in [0.15, 0.2) is 20.0 Å². The van der Waals surface area contributed by atoms with Crippen molar-refractivity contribution in [2.24, 2.45) is 82.9 Å². The number of carbonyl (C=O) groups excluding carboxylic acids is 8. The Balaban J connectivity index is -0.000000200. The van der Waals surface area contributed by atoms with Crippen LogP contribution in [0.25, 0.3) is 0 Å². The Labute approximate surface area is 598 Å². The summed E-state index contributed by atoms with van der Waals surface area (Å²) in [5.74, 6) is -0.878. The lowest BCUT2D eigenvalue weighted by Gasteiger charge is -2.08. The number of hydrogen-bond donors (Lipinski definition) is 1. The molecule has 0 saturated carbocycles. The van der Waals surface area contributed by atoms with E-state index in [1.54, 1.807) is 53.0 Å². The number of hydrogen-bond acceptors (Lipinski definition) is 22. The van der Waals surface area contributed by atoms with Crippen LogP contribution in [0.15, 0.2) is 85.1 Å². The monoisotopic (exact) mass is 1410 g/mol. The van der Waals surface area contributed by atoms with Gasteiger partial charge in [0.05, 0.1) is 75.0 Å². The first-order valence-electron chi connectivity index (χ1n) is 34.5. The van der Waals surface area contributed by atoms with Gasteiger partial charge in [0.2, 0.25) is 0 Å². The molecule has 0 aromatic carbocycles. The fourth-order valence-corrected chi connectivity index (χ4v) is 5.77. The molecule has 22 nitrogen and oxygen atoms in total. The Morgan fingerprint density at radius 2 is 0.606 bits per heavy atom. The molecule has 0 rings (SSSR count). The molecule has 22 heteroatoms. The summed E-state index contributed by atoms with van der Waals surface area (Å²) in [6.07, 6.45) is 27.7. The number of nitriles is 1. The first kappa shape index (κ1) is 106. The average molecular weight is 1410 g/mol. The van der Waals surface area contributed by atoms with Crippen LogP contribution in [0.2, 0.25) is 0 Å². The van der Waals surface area contributed by atoms with E-state index in [-0.39, 0.29) is 110 Å². The predicted molar refractivity (Wildman–Crippen MR) is 390 cm³/mol. The van der Waals surface area contributed by atoms with Crippen LogP contribution in [-0.2, 0) is 95.2 Å². The fourth-order valence-electron chi connectivity index (χ4n) is 5.77. The summed E-state index contributed by atoms with van der Waals surface area (Å²) in [5, 5.41) is 16.6. The van der Waals surface area contributed by atoms with E-state index in [2.05, 4.69) is 69.6 Å². The minimum absolute atomic E-state index is 0.0265. The summed E-state index contributed by atoms with van der Waals surface area (Å²) in [6.45, 7) is 48.6. The number of aliphatic hydroxyl groups is 1. The molecular formula is C77H135NO21. The molecule has 0 aliphatic carbocycles. The molecule has 0 radical (unpaired) electrons. The Morgan fingerprint density at radius 3 is 0.859 bits per heavy atom. The Morgan fingerprint density at radius 1 is 0.333 bits per heavy atom. The SMILES string of the molecule is CC(C)/C=C\C(C)C(=O)OCC#N.CC(C)/C=C\C(C)C(=O)OCCO.CCCOCCOC(=O)C(C)/C=C\C(C)C.CCOCCOC(=O)C(C)/C=C\C(C)C.COC(=O)COC(=O)C(C)/C=C\C(C)C.COCCOC(=O)C(C)/C=C\C(C)C.COCOC(=O)C(C)/C=C\C(C)C. The number of nitrogens with zero attached hydrogens (tertiary/aromatic N) is 1. The van der Waals surface area contributed by atoms with Gasteiger partial charge in [-0.05, 0) is 103 Å². The molecule has 7 atom stereocenters. The average Bonchev–Trinajstić information content (AvgIpc) is 1.91. The van der Waals surface area contributed by atoms with E-state index in [4.69, 9.17) is 53.0 Å². The van der Waals surface area contributed by atoms with Crippen molar-refractivity contribution in [1.82, 2.24) is 0 Å². The molecule has 0 aromatic rings. The molecule has 0 heterocycles. The summed E-state index contributed by atoms with van der Waals surface area (Å²) in [5.41, 5.74) is 0. The zero-order chi connectivity index (χ0) is 77.7. The molecule has 574 valence electrons. The van der Waals surface area contributed by atoms with Crippen molar-refractivity contribution in [3.63, 3.8) is 0 Å². The van der Waals surface area contributed by atoms with Crippen LogP contribution in [-0.4, -0.2) is 160 Å². The topological polar surface area (TPSA) is 291 Å². The maximum Gasteiger partial charge on any atom is 0.344 e. The van der Waals surface area contributed by atoms with Gasteiger partial charge in [0, 0.05) is 27.4 Å². The first-order chi connectivity index (χ1) is 46.4. The molecule has 0 fully saturated rings. The highest BCUT2D eigenvalue weighted by Gasteiger charge is 2.16. The van der Waals surface area contributed by atoms with Crippen molar-refractivity contribution in [3.05, 3.63) is 85.1 Å². The van der Waals surface area contributed by atoms with E-state index >= 15 is 0 Å². The number of ether oxygens (including phenoxy) is 12. The lowest BCUT2D eigenvalue weighted by atomic mass is 10.1. The maximum absolute atomic E-state index is 11.5. The normalized spacial score (nSPS) is 13.3. The zero-order valence-electron chi connectivity index (χ0n) is 65.6. The molecule has 0 aliphatic heterocycles. The van der Waals surface area contributed by atoms with Gasteiger partial charge >= 0.3 is 47.8 Å². The number of esters is 8. The summed E-state index contributed by atoms with van der Waals surface area (Å²) < 4.78 is 58.0. The summed E-state index contributed by atoms with van der Waals surface area (Å²) in [6, 6.07) is 1.75. The molecule has 1 N–H and O–H groups in total. The van der Waals surface area contributed by atoms with Gasteiger partial charge in [-0.25, -0.2) is 4.79 Å². The molecule has 7 unspecified atom stereocenters. The third-order valence-corrected chi connectivity index (χ3v) is 11.6. The second kappa shape index (κ2) is 73.9. The van der Waals surface area contributed by atoms with Crippen LogP contribution in [0.5, 0.6) is 0 Å². The number of aliphatic hydroxyl groups excluding tert-OH is 1. The van der Waals surface area contributed by atoms with Crippen LogP contribution >= 0.6 is 0 Å².